The van der Waals surface area contributed by atoms with E-state index < -0.39 is 0 Å². The number of aryl methyl sites for hydroxylation is 1. The van der Waals surface area contributed by atoms with E-state index in [0.717, 1.165) is 30.9 Å². The molecule has 2 heterocycles. The number of nitrogens with zero attached hydrogens (tertiary/aromatic N) is 4. The van der Waals surface area contributed by atoms with Crippen molar-refractivity contribution < 1.29 is 4.79 Å². The van der Waals surface area contributed by atoms with E-state index >= 15 is 0 Å². The minimum absolute atomic E-state index is 0.0262. The summed E-state index contributed by atoms with van der Waals surface area (Å²) in [6, 6.07) is 5.63. The molecule has 1 aliphatic heterocycles. The first-order valence-electron chi connectivity index (χ1n) is 8.41. The van der Waals surface area contributed by atoms with Gasteiger partial charge in [0.2, 0.25) is 0 Å². The Morgan fingerprint density at radius 1 is 1.38 bits per heavy atom. The van der Waals surface area contributed by atoms with Crippen LogP contribution in [0.3, 0.4) is 0 Å². The third-order valence-corrected chi connectivity index (χ3v) is 4.59. The average molecular weight is 327 g/mol. The highest BCUT2D eigenvalue weighted by atomic mass is 16.1. The van der Waals surface area contributed by atoms with Crippen LogP contribution in [0.5, 0.6) is 0 Å². The molecule has 0 atom stereocenters. The zero-order chi connectivity index (χ0) is 17.2. The maximum Gasteiger partial charge on any atom is 0.251 e. The number of carbonyl (C=O) groups excluding carboxylic acids is 1. The molecule has 0 aliphatic carbocycles. The fourth-order valence-electron chi connectivity index (χ4n) is 3.23. The molecule has 0 spiro atoms. The SMILES string of the molecule is Cc1cc(C(=O)NCCN2CCC(C)(C)C2)ccc1-n1cncn1. The molecule has 0 saturated carbocycles. The number of aromatic nitrogens is 3. The smallest absolute Gasteiger partial charge is 0.251 e. The van der Waals surface area contributed by atoms with Gasteiger partial charge in [0.05, 0.1) is 5.69 Å². The van der Waals surface area contributed by atoms with E-state index in [1.807, 2.05) is 25.1 Å². The van der Waals surface area contributed by atoms with Crippen LogP contribution in [0.4, 0.5) is 0 Å². The molecule has 1 aromatic carbocycles. The average Bonchev–Trinajstić information content (AvgIpc) is 3.16. The predicted octanol–water partition coefficient (Wildman–Crippen LogP) is 2.04. The molecule has 1 amide bonds. The molecule has 6 nitrogen and oxygen atoms in total. The molecule has 1 aromatic heterocycles. The van der Waals surface area contributed by atoms with Crippen LogP contribution >= 0.6 is 0 Å². The van der Waals surface area contributed by atoms with Crippen LogP contribution in [-0.2, 0) is 0 Å². The Labute approximate surface area is 142 Å². The number of hydrogen-bond donors (Lipinski definition) is 1. The molecule has 24 heavy (non-hydrogen) atoms. The molecule has 1 N–H and O–H groups in total. The van der Waals surface area contributed by atoms with Gasteiger partial charge in [-0.05, 0) is 49.1 Å². The Hall–Kier alpha value is -2.21. The number of likely N-dealkylation sites (tertiary alicyclic amines) is 1. The van der Waals surface area contributed by atoms with E-state index in [1.54, 1.807) is 11.0 Å². The Kier molecular flexibility index (Phi) is 4.66. The first-order valence-corrected chi connectivity index (χ1v) is 8.41. The van der Waals surface area contributed by atoms with Crippen LogP contribution in [0.2, 0.25) is 0 Å². The number of rotatable bonds is 5. The van der Waals surface area contributed by atoms with Gasteiger partial charge in [0.1, 0.15) is 12.7 Å². The van der Waals surface area contributed by atoms with Crippen LogP contribution < -0.4 is 5.32 Å². The molecule has 3 rings (SSSR count). The second kappa shape index (κ2) is 6.73. The molecule has 6 heteroatoms. The highest BCUT2D eigenvalue weighted by Crippen LogP contribution is 2.28. The summed E-state index contributed by atoms with van der Waals surface area (Å²) in [5.74, 6) is -0.0262. The fourth-order valence-corrected chi connectivity index (χ4v) is 3.23. The lowest BCUT2D eigenvalue weighted by molar-refractivity contribution is 0.0949. The van der Waals surface area contributed by atoms with Crippen molar-refractivity contribution >= 4 is 5.91 Å². The highest BCUT2D eigenvalue weighted by molar-refractivity contribution is 5.94. The first-order chi connectivity index (χ1) is 11.4. The van der Waals surface area contributed by atoms with E-state index in [2.05, 4.69) is 34.1 Å². The quantitative estimate of drug-likeness (QED) is 0.913. The standard InChI is InChI=1S/C18H25N5O/c1-14-10-15(4-5-16(14)23-13-19-12-21-23)17(24)20-7-9-22-8-6-18(2,3)11-22/h4-5,10,12-13H,6-9,11H2,1-3H3,(H,20,24). The summed E-state index contributed by atoms with van der Waals surface area (Å²) >= 11 is 0. The Morgan fingerprint density at radius 2 is 2.21 bits per heavy atom. The van der Waals surface area contributed by atoms with Crippen LogP contribution in [0, 0.1) is 12.3 Å². The van der Waals surface area contributed by atoms with Crippen LogP contribution in [0.1, 0.15) is 36.2 Å². The molecular formula is C18H25N5O. The number of hydrogen-bond acceptors (Lipinski definition) is 4. The van der Waals surface area contributed by atoms with Gasteiger partial charge in [-0.2, -0.15) is 5.10 Å². The van der Waals surface area contributed by atoms with Gasteiger partial charge in [-0.25, -0.2) is 9.67 Å². The van der Waals surface area contributed by atoms with E-state index in [9.17, 15) is 4.79 Å². The molecule has 1 saturated heterocycles. The maximum atomic E-state index is 12.3. The fraction of sp³-hybridized carbons (Fsp3) is 0.500. The molecule has 0 unspecified atom stereocenters. The zero-order valence-electron chi connectivity index (χ0n) is 14.6. The lowest BCUT2D eigenvalue weighted by Crippen LogP contribution is -2.34. The largest absolute Gasteiger partial charge is 0.351 e. The number of carbonyl (C=O) groups is 1. The molecule has 128 valence electrons. The summed E-state index contributed by atoms with van der Waals surface area (Å²) < 4.78 is 1.70. The van der Waals surface area contributed by atoms with Crippen molar-refractivity contribution in [3.63, 3.8) is 0 Å². The molecular weight excluding hydrogens is 302 g/mol. The number of amides is 1. The van der Waals surface area contributed by atoms with Crippen molar-refractivity contribution in [3.05, 3.63) is 42.0 Å². The zero-order valence-corrected chi connectivity index (χ0v) is 14.6. The molecule has 1 fully saturated rings. The summed E-state index contributed by atoms with van der Waals surface area (Å²) in [4.78, 5) is 18.7. The van der Waals surface area contributed by atoms with Crippen molar-refractivity contribution in [1.29, 1.82) is 0 Å². The van der Waals surface area contributed by atoms with Crippen molar-refractivity contribution in [1.82, 2.24) is 25.0 Å². The van der Waals surface area contributed by atoms with Gasteiger partial charge in [-0.15, -0.1) is 0 Å². The summed E-state index contributed by atoms with van der Waals surface area (Å²) in [5, 5.41) is 7.15. The van der Waals surface area contributed by atoms with Crippen LogP contribution in [-0.4, -0.2) is 51.8 Å². The third-order valence-electron chi connectivity index (χ3n) is 4.59. The summed E-state index contributed by atoms with van der Waals surface area (Å²) in [6.07, 6.45) is 4.38. The second-order valence-electron chi connectivity index (χ2n) is 7.29. The van der Waals surface area contributed by atoms with Gasteiger partial charge in [0.15, 0.2) is 0 Å². The van der Waals surface area contributed by atoms with Crippen LogP contribution in [0.25, 0.3) is 5.69 Å². The molecule has 0 bridgehead atoms. The Balaban J connectivity index is 1.55. The van der Waals surface area contributed by atoms with E-state index in [-0.39, 0.29) is 5.91 Å². The van der Waals surface area contributed by atoms with Gasteiger partial charge in [0.25, 0.3) is 5.91 Å². The van der Waals surface area contributed by atoms with Crippen LogP contribution in [0.15, 0.2) is 30.9 Å². The minimum atomic E-state index is -0.0262. The first kappa shape index (κ1) is 16.6. The van der Waals surface area contributed by atoms with Gasteiger partial charge >= 0.3 is 0 Å². The Bertz CT molecular complexity index is 708. The highest BCUT2D eigenvalue weighted by Gasteiger charge is 2.28. The van der Waals surface area contributed by atoms with E-state index in [0.29, 0.717) is 17.5 Å². The number of nitrogens with one attached hydrogen (secondary N) is 1. The summed E-state index contributed by atoms with van der Waals surface area (Å²) in [7, 11) is 0. The third kappa shape index (κ3) is 3.82. The van der Waals surface area contributed by atoms with Gasteiger partial charge in [-0.3, -0.25) is 4.79 Å². The van der Waals surface area contributed by atoms with Crippen molar-refractivity contribution in [3.8, 4) is 5.69 Å². The van der Waals surface area contributed by atoms with Crippen molar-refractivity contribution in [2.75, 3.05) is 26.2 Å². The lowest BCUT2D eigenvalue weighted by atomic mass is 9.93. The van der Waals surface area contributed by atoms with Gasteiger partial charge in [-0.1, -0.05) is 13.8 Å². The lowest BCUT2D eigenvalue weighted by Gasteiger charge is -2.19. The predicted molar refractivity (Wildman–Crippen MR) is 93.3 cm³/mol. The maximum absolute atomic E-state index is 12.3. The normalized spacial score (nSPS) is 17.1. The molecule has 2 aromatic rings. The molecule has 0 radical (unpaired) electrons. The van der Waals surface area contributed by atoms with Gasteiger partial charge < -0.3 is 10.2 Å². The van der Waals surface area contributed by atoms with Crippen molar-refractivity contribution in [2.24, 2.45) is 5.41 Å². The van der Waals surface area contributed by atoms with E-state index in [4.69, 9.17) is 0 Å². The second-order valence-corrected chi connectivity index (χ2v) is 7.29. The topological polar surface area (TPSA) is 63.1 Å². The number of benzene rings is 1. The van der Waals surface area contributed by atoms with Crippen molar-refractivity contribution in [2.45, 2.75) is 27.2 Å². The minimum Gasteiger partial charge on any atom is -0.351 e. The summed E-state index contributed by atoms with van der Waals surface area (Å²) in [6.45, 7) is 10.4. The molecule has 1 aliphatic rings. The monoisotopic (exact) mass is 327 g/mol. The van der Waals surface area contributed by atoms with E-state index in [1.165, 1.54) is 12.7 Å². The summed E-state index contributed by atoms with van der Waals surface area (Å²) in [5.41, 5.74) is 3.01. The van der Waals surface area contributed by atoms with Gasteiger partial charge in [0, 0.05) is 25.2 Å². The Morgan fingerprint density at radius 3 is 2.83 bits per heavy atom.